The van der Waals surface area contributed by atoms with Crippen LogP contribution in [0, 0.1) is 5.92 Å². The Kier molecular flexibility index (Phi) is 7.41. The molecule has 29 heavy (non-hydrogen) atoms. The van der Waals surface area contributed by atoms with Crippen molar-refractivity contribution < 1.29 is 13.2 Å². The van der Waals surface area contributed by atoms with Gasteiger partial charge in [-0.05, 0) is 55.5 Å². The van der Waals surface area contributed by atoms with Crippen LogP contribution in [0.4, 0.5) is 0 Å². The molecule has 0 bridgehead atoms. The second kappa shape index (κ2) is 10.0. The SMILES string of the molecule is O=C(N/N=C/CCc1ccccc1)C1CCN(S(=O)(=O)c2ccc(Cl)cc2)CC1. The van der Waals surface area contributed by atoms with Crippen LogP contribution < -0.4 is 5.43 Å². The van der Waals surface area contributed by atoms with Gasteiger partial charge in [0.25, 0.3) is 0 Å². The summed E-state index contributed by atoms with van der Waals surface area (Å²) in [7, 11) is -3.57. The van der Waals surface area contributed by atoms with Gasteiger partial charge in [-0.1, -0.05) is 41.9 Å². The van der Waals surface area contributed by atoms with Gasteiger partial charge < -0.3 is 0 Å². The Bertz CT molecular complexity index is 939. The van der Waals surface area contributed by atoms with Crippen LogP contribution in [0.25, 0.3) is 0 Å². The highest BCUT2D eigenvalue weighted by Gasteiger charge is 2.32. The lowest BCUT2D eigenvalue weighted by molar-refractivity contribution is -0.126. The number of hydrogen-bond acceptors (Lipinski definition) is 4. The lowest BCUT2D eigenvalue weighted by atomic mass is 9.98. The first-order valence-electron chi connectivity index (χ1n) is 9.58. The highest BCUT2D eigenvalue weighted by atomic mass is 35.5. The van der Waals surface area contributed by atoms with Crippen LogP contribution in [0.1, 0.15) is 24.8 Å². The molecule has 2 aromatic rings. The molecule has 6 nitrogen and oxygen atoms in total. The maximum absolute atomic E-state index is 12.7. The van der Waals surface area contributed by atoms with Gasteiger partial charge in [-0.2, -0.15) is 9.41 Å². The highest BCUT2D eigenvalue weighted by molar-refractivity contribution is 7.89. The molecule has 1 aliphatic heterocycles. The van der Waals surface area contributed by atoms with E-state index >= 15 is 0 Å². The number of carbonyl (C=O) groups excluding carboxylic acids is 1. The molecule has 1 heterocycles. The maximum Gasteiger partial charge on any atom is 0.243 e. The molecule has 1 amide bonds. The first-order valence-corrected chi connectivity index (χ1v) is 11.4. The number of nitrogens with zero attached hydrogens (tertiary/aromatic N) is 2. The molecule has 0 atom stereocenters. The molecule has 0 unspecified atom stereocenters. The Morgan fingerprint density at radius 1 is 1.10 bits per heavy atom. The molecular weight excluding hydrogens is 410 g/mol. The number of hydrogen-bond donors (Lipinski definition) is 1. The van der Waals surface area contributed by atoms with Crippen LogP contribution in [0.3, 0.4) is 0 Å². The van der Waals surface area contributed by atoms with E-state index in [1.165, 1.54) is 22.0 Å². The smallest absolute Gasteiger partial charge is 0.243 e. The van der Waals surface area contributed by atoms with E-state index in [0.29, 0.717) is 31.0 Å². The van der Waals surface area contributed by atoms with E-state index < -0.39 is 10.0 Å². The Morgan fingerprint density at radius 2 is 1.76 bits per heavy atom. The van der Waals surface area contributed by atoms with Crippen molar-refractivity contribution >= 4 is 33.7 Å². The van der Waals surface area contributed by atoms with Gasteiger partial charge in [0, 0.05) is 30.2 Å². The van der Waals surface area contributed by atoms with Crippen molar-refractivity contribution in [2.75, 3.05) is 13.1 Å². The van der Waals surface area contributed by atoms with E-state index in [1.54, 1.807) is 18.3 Å². The quantitative estimate of drug-likeness (QED) is 0.536. The van der Waals surface area contributed by atoms with Crippen molar-refractivity contribution in [3.05, 3.63) is 65.2 Å². The number of amides is 1. The minimum Gasteiger partial charge on any atom is -0.273 e. The Labute approximate surface area is 176 Å². The van der Waals surface area contributed by atoms with E-state index in [0.717, 1.165) is 12.8 Å². The molecule has 8 heteroatoms. The predicted octanol–water partition coefficient (Wildman–Crippen LogP) is 3.48. The Hall–Kier alpha value is -2.22. The third kappa shape index (κ3) is 5.88. The monoisotopic (exact) mass is 433 g/mol. The van der Waals surface area contributed by atoms with Gasteiger partial charge in [-0.15, -0.1) is 0 Å². The van der Waals surface area contributed by atoms with Crippen LogP contribution >= 0.6 is 11.6 Å². The number of benzene rings is 2. The number of rotatable bonds is 7. The molecule has 1 aliphatic rings. The fraction of sp³-hybridized carbons (Fsp3) is 0.333. The zero-order valence-electron chi connectivity index (χ0n) is 16.0. The van der Waals surface area contributed by atoms with Crippen LogP contribution in [0.2, 0.25) is 5.02 Å². The van der Waals surface area contributed by atoms with Crippen LogP contribution in [0.5, 0.6) is 0 Å². The number of aryl methyl sites for hydroxylation is 1. The van der Waals surface area contributed by atoms with Crippen molar-refractivity contribution in [2.45, 2.75) is 30.6 Å². The summed E-state index contributed by atoms with van der Waals surface area (Å²) in [5.74, 6) is -0.401. The van der Waals surface area contributed by atoms with Crippen molar-refractivity contribution in [1.82, 2.24) is 9.73 Å². The number of piperidine rings is 1. The molecule has 0 aromatic heterocycles. The molecule has 0 saturated carbocycles. The molecule has 0 aliphatic carbocycles. The van der Waals surface area contributed by atoms with E-state index in [2.05, 4.69) is 22.7 Å². The van der Waals surface area contributed by atoms with Crippen LogP contribution in [-0.4, -0.2) is 37.9 Å². The molecule has 2 aromatic carbocycles. The van der Waals surface area contributed by atoms with Gasteiger partial charge in [-0.25, -0.2) is 13.8 Å². The predicted molar refractivity (Wildman–Crippen MR) is 114 cm³/mol. The van der Waals surface area contributed by atoms with Crippen molar-refractivity contribution in [2.24, 2.45) is 11.0 Å². The summed E-state index contributed by atoms with van der Waals surface area (Å²) in [5, 5.41) is 4.51. The first-order chi connectivity index (χ1) is 14.0. The van der Waals surface area contributed by atoms with E-state index in [9.17, 15) is 13.2 Å². The summed E-state index contributed by atoms with van der Waals surface area (Å²) in [6, 6.07) is 16.2. The number of halogens is 1. The standard InChI is InChI=1S/C21H24ClN3O3S/c22-19-8-10-20(11-9-19)29(27,28)25-15-12-18(13-16-25)21(26)24-23-14-4-7-17-5-2-1-3-6-17/h1-3,5-6,8-11,14,18H,4,7,12-13,15-16H2,(H,24,26)/b23-14+. The largest absolute Gasteiger partial charge is 0.273 e. The van der Waals surface area contributed by atoms with E-state index in [4.69, 9.17) is 11.6 Å². The van der Waals surface area contributed by atoms with Crippen molar-refractivity contribution in [1.29, 1.82) is 0 Å². The summed E-state index contributed by atoms with van der Waals surface area (Å²) in [6.45, 7) is 0.613. The zero-order valence-corrected chi connectivity index (χ0v) is 17.6. The molecular formula is C21H24ClN3O3S. The molecule has 0 radical (unpaired) electrons. The van der Waals surface area contributed by atoms with Crippen LogP contribution in [0.15, 0.2) is 64.6 Å². The molecule has 1 fully saturated rings. The minimum atomic E-state index is -3.57. The van der Waals surface area contributed by atoms with E-state index in [1.807, 2.05) is 18.2 Å². The van der Waals surface area contributed by atoms with Gasteiger partial charge in [0.2, 0.25) is 15.9 Å². The third-order valence-electron chi connectivity index (χ3n) is 4.95. The topological polar surface area (TPSA) is 78.8 Å². The first kappa shape index (κ1) is 21.5. The van der Waals surface area contributed by atoms with Crippen LogP contribution in [-0.2, 0) is 21.2 Å². The lowest BCUT2D eigenvalue weighted by Crippen LogP contribution is -2.42. The number of carbonyl (C=O) groups is 1. The highest BCUT2D eigenvalue weighted by Crippen LogP contribution is 2.24. The lowest BCUT2D eigenvalue weighted by Gasteiger charge is -2.30. The molecule has 1 saturated heterocycles. The van der Waals surface area contributed by atoms with Gasteiger partial charge in [0.15, 0.2) is 0 Å². The normalized spacial score (nSPS) is 16.2. The Morgan fingerprint density at radius 3 is 2.41 bits per heavy atom. The molecule has 154 valence electrons. The average Bonchev–Trinajstić information content (AvgIpc) is 2.74. The zero-order chi connectivity index (χ0) is 20.7. The number of nitrogens with one attached hydrogen (secondary N) is 1. The maximum atomic E-state index is 12.7. The van der Waals surface area contributed by atoms with Gasteiger partial charge >= 0.3 is 0 Å². The molecule has 0 spiro atoms. The fourth-order valence-electron chi connectivity index (χ4n) is 3.25. The number of hydrazone groups is 1. The third-order valence-corrected chi connectivity index (χ3v) is 7.11. The second-order valence-corrected chi connectivity index (χ2v) is 9.32. The minimum absolute atomic E-state index is 0.162. The van der Waals surface area contributed by atoms with Crippen molar-refractivity contribution in [3.8, 4) is 0 Å². The van der Waals surface area contributed by atoms with Gasteiger partial charge in [-0.3, -0.25) is 4.79 Å². The Balaban J connectivity index is 1.44. The van der Waals surface area contributed by atoms with E-state index in [-0.39, 0.29) is 16.7 Å². The van der Waals surface area contributed by atoms with Gasteiger partial charge in [0.1, 0.15) is 0 Å². The summed E-state index contributed by atoms with van der Waals surface area (Å²) in [6.07, 6.45) is 4.24. The molecule has 3 rings (SSSR count). The number of sulfonamides is 1. The summed E-state index contributed by atoms with van der Waals surface area (Å²) in [5.41, 5.74) is 3.80. The average molecular weight is 434 g/mol. The summed E-state index contributed by atoms with van der Waals surface area (Å²) in [4.78, 5) is 12.5. The summed E-state index contributed by atoms with van der Waals surface area (Å²) < 4.78 is 26.8. The fourth-order valence-corrected chi connectivity index (χ4v) is 4.85. The summed E-state index contributed by atoms with van der Waals surface area (Å²) >= 11 is 5.83. The van der Waals surface area contributed by atoms with Gasteiger partial charge in [0.05, 0.1) is 4.90 Å². The molecule has 1 N–H and O–H groups in total. The second-order valence-electron chi connectivity index (χ2n) is 6.94. The van der Waals surface area contributed by atoms with Crippen molar-refractivity contribution in [3.63, 3.8) is 0 Å².